The van der Waals surface area contributed by atoms with Crippen LogP contribution in [-0.2, 0) is 0 Å². The molecule has 2 rings (SSSR count). The molecule has 1 heterocycles. The van der Waals surface area contributed by atoms with Crippen molar-refractivity contribution in [1.29, 1.82) is 0 Å². The molecule has 19 heavy (non-hydrogen) atoms. The van der Waals surface area contributed by atoms with Gasteiger partial charge >= 0.3 is 0 Å². The van der Waals surface area contributed by atoms with Gasteiger partial charge < -0.3 is 9.73 Å². The van der Waals surface area contributed by atoms with Gasteiger partial charge in [-0.2, -0.15) is 0 Å². The van der Waals surface area contributed by atoms with Crippen molar-refractivity contribution in [2.45, 2.75) is 26.8 Å². The minimum Gasteiger partial charge on any atom is -0.451 e. The zero-order chi connectivity index (χ0) is 14.0. The fourth-order valence-corrected chi connectivity index (χ4v) is 1.66. The number of amides is 1. The molecule has 4 nitrogen and oxygen atoms in total. The number of benzene rings is 1. The normalized spacial score (nSPS) is 12.6. The molecule has 1 aromatic carbocycles. The van der Waals surface area contributed by atoms with E-state index < -0.39 is 0 Å². The first-order valence-corrected chi connectivity index (χ1v) is 6.33. The summed E-state index contributed by atoms with van der Waals surface area (Å²) < 4.78 is 5.47. The molecule has 0 aliphatic heterocycles. The number of hydrogen-bond acceptors (Lipinski definition) is 3. The summed E-state index contributed by atoms with van der Waals surface area (Å²) in [7, 11) is 0. The van der Waals surface area contributed by atoms with Crippen molar-refractivity contribution in [2.24, 2.45) is 5.92 Å². The van der Waals surface area contributed by atoms with Crippen LogP contribution in [0.5, 0.6) is 0 Å². The van der Waals surface area contributed by atoms with E-state index >= 15 is 0 Å². The predicted molar refractivity (Wildman–Crippen MR) is 74.3 cm³/mol. The van der Waals surface area contributed by atoms with E-state index in [-0.39, 0.29) is 23.1 Å². The highest BCUT2D eigenvalue weighted by Gasteiger charge is 2.16. The summed E-state index contributed by atoms with van der Waals surface area (Å²) in [6, 6.07) is 8.15. The Morgan fingerprint density at radius 1 is 1.21 bits per heavy atom. The average Bonchev–Trinajstić information content (AvgIpc) is 2.38. The molecule has 0 radical (unpaired) electrons. The van der Waals surface area contributed by atoms with Gasteiger partial charge in [0.25, 0.3) is 5.91 Å². The molecule has 0 bridgehead atoms. The molecular formula is C15H17NO3. The van der Waals surface area contributed by atoms with Gasteiger partial charge in [0.1, 0.15) is 5.58 Å². The molecule has 100 valence electrons. The highest BCUT2D eigenvalue weighted by atomic mass is 16.3. The van der Waals surface area contributed by atoms with E-state index in [4.69, 9.17) is 4.42 Å². The van der Waals surface area contributed by atoms with Crippen molar-refractivity contribution < 1.29 is 9.21 Å². The van der Waals surface area contributed by atoms with Crippen LogP contribution in [0.2, 0.25) is 0 Å². The van der Waals surface area contributed by atoms with Crippen molar-refractivity contribution in [2.75, 3.05) is 0 Å². The lowest BCUT2D eigenvalue weighted by Gasteiger charge is -2.16. The number of nitrogens with one attached hydrogen (secondary N) is 1. The van der Waals surface area contributed by atoms with Gasteiger partial charge in [-0.15, -0.1) is 0 Å². The molecule has 0 saturated heterocycles. The number of para-hydroxylation sites is 1. The Hall–Kier alpha value is -2.10. The highest BCUT2D eigenvalue weighted by molar-refractivity contribution is 5.93. The van der Waals surface area contributed by atoms with Crippen LogP contribution in [0.4, 0.5) is 0 Å². The number of fused-ring (bicyclic) bond motifs is 1. The zero-order valence-corrected chi connectivity index (χ0v) is 11.3. The molecule has 0 aliphatic rings. The first-order chi connectivity index (χ1) is 8.99. The number of hydrogen-bond donors (Lipinski definition) is 1. The lowest BCUT2D eigenvalue weighted by molar-refractivity contribution is 0.0903. The van der Waals surface area contributed by atoms with Crippen LogP contribution >= 0.6 is 0 Å². The van der Waals surface area contributed by atoms with Crippen LogP contribution in [0.25, 0.3) is 11.0 Å². The Morgan fingerprint density at radius 3 is 2.58 bits per heavy atom. The summed E-state index contributed by atoms with van der Waals surface area (Å²) in [6.45, 7) is 5.95. The number of carbonyl (C=O) groups excluding carboxylic acids is 1. The van der Waals surface area contributed by atoms with E-state index in [1.54, 1.807) is 24.3 Å². The van der Waals surface area contributed by atoms with Crippen LogP contribution in [0.15, 0.2) is 39.5 Å². The maximum Gasteiger partial charge on any atom is 0.287 e. The van der Waals surface area contributed by atoms with Crippen LogP contribution in [0, 0.1) is 5.92 Å². The van der Waals surface area contributed by atoms with Gasteiger partial charge in [-0.1, -0.05) is 26.0 Å². The van der Waals surface area contributed by atoms with Crippen LogP contribution in [0.1, 0.15) is 31.3 Å². The first-order valence-electron chi connectivity index (χ1n) is 6.33. The number of rotatable bonds is 3. The molecule has 0 spiro atoms. The Bertz CT molecular complexity index is 658. The van der Waals surface area contributed by atoms with E-state index in [1.165, 1.54) is 6.07 Å². The lowest BCUT2D eigenvalue weighted by atomic mass is 10.1. The van der Waals surface area contributed by atoms with Crippen LogP contribution in [-0.4, -0.2) is 11.9 Å². The molecule has 4 heteroatoms. The monoisotopic (exact) mass is 259 g/mol. The fraction of sp³-hybridized carbons (Fsp3) is 0.333. The largest absolute Gasteiger partial charge is 0.451 e. The predicted octanol–water partition coefficient (Wildman–Crippen LogP) is 2.57. The molecule has 0 saturated carbocycles. The maximum atomic E-state index is 12.0. The van der Waals surface area contributed by atoms with E-state index in [0.29, 0.717) is 16.9 Å². The lowest BCUT2D eigenvalue weighted by Crippen LogP contribution is -2.36. The fourth-order valence-electron chi connectivity index (χ4n) is 1.66. The van der Waals surface area contributed by atoms with Crippen molar-refractivity contribution in [1.82, 2.24) is 5.32 Å². The van der Waals surface area contributed by atoms with E-state index in [1.807, 2.05) is 20.8 Å². The third kappa shape index (κ3) is 2.84. The smallest absolute Gasteiger partial charge is 0.287 e. The van der Waals surface area contributed by atoms with Crippen molar-refractivity contribution in [3.05, 3.63) is 46.3 Å². The average molecular weight is 259 g/mol. The second-order valence-electron chi connectivity index (χ2n) is 4.98. The minimum absolute atomic E-state index is 0.0178. The number of carbonyl (C=O) groups is 1. The maximum absolute atomic E-state index is 12.0. The second-order valence-corrected chi connectivity index (χ2v) is 4.98. The third-order valence-electron chi connectivity index (χ3n) is 3.22. The first kappa shape index (κ1) is 13.3. The van der Waals surface area contributed by atoms with Gasteiger partial charge in [0, 0.05) is 12.1 Å². The summed E-state index contributed by atoms with van der Waals surface area (Å²) >= 11 is 0. The summed E-state index contributed by atoms with van der Waals surface area (Å²) in [4.78, 5) is 23.9. The second kappa shape index (κ2) is 5.26. The Morgan fingerprint density at radius 2 is 1.89 bits per heavy atom. The van der Waals surface area contributed by atoms with Crippen LogP contribution < -0.4 is 10.7 Å². The molecule has 0 aliphatic carbocycles. The summed E-state index contributed by atoms with van der Waals surface area (Å²) in [5.74, 6) is 0.0105. The summed E-state index contributed by atoms with van der Waals surface area (Å²) in [6.07, 6.45) is 0. The minimum atomic E-state index is -0.357. The molecule has 1 atom stereocenters. The van der Waals surface area contributed by atoms with Gasteiger partial charge in [-0.25, -0.2) is 0 Å². The van der Waals surface area contributed by atoms with E-state index in [0.717, 1.165) is 0 Å². The summed E-state index contributed by atoms with van der Waals surface area (Å²) in [5.41, 5.74) is 0.224. The Balaban J connectivity index is 2.36. The van der Waals surface area contributed by atoms with Gasteiger partial charge in [-0.05, 0) is 25.0 Å². The molecule has 2 aromatic rings. The third-order valence-corrected chi connectivity index (χ3v) is 3.22. The van der Waals surface area contributed by atoms with Crippen molar-refractivity contribution in [3.8, 4) is 0 Å². The van der Waals surface area contributed by atoms with Gasteiger partial charge in [0.05, 0.1) is 5.39 Å². The zero-order valence-electron chi connectivity index (χ0n) is 11.3. The molecule has 1 amide bonds. The Kier molecular flexibility index (Phi) is 3.69. The van der Waals surface area contributed by atoms with Gasteiger partial charge in [-0.3, -0.25) is 9.59 Å². The van der Waals surface area contributed by atoms with Crippen molar-refractivity contribution >= 4 is 16.9 Å². The molecular weight excluding hydrogens is 242 g/mol. The molecule has 1 aromatic heterocycles. The highest BCUT2D eigenvalue weighted by Crippen LogP contribution is 2.12. The Labute approximate surface area is 111 Å². The van der Waals surface area contributed by atoms with Gasteiger partial charge in [0.15, 0.2) is 11.2 Å². The molecule has 1 N–H and O–H groups in total. The molecule has 1 unspecified atom stereocenters. The standard InChI is InChI=1S/C15H17NO3/c1-9(2)10(3)16-15(18)14-8-12(17)11-6-4-5-7-13(11)19-14/h4-10H,1-3H3,(H,16,18). The van der Waals surface area contributed by atoms with E-state index in [9.17, 15) is 9.59 Å². The topological polar surface area (TPSA) is 59.3 Å². The van der Waals surface area contributed by atoms with Crippen LogP contribution in [0.3, 0.4) is 0 Å². The quantitative estimate of drug-likeness (QED) is 0.921. The van der Waals surface area contributed by atoms with Crippen molar-refractivity contribution in [3.63, 3.8) is 0 Å². The summed E-state index contributed by atoms with van der Waals surface area (Å²) in [5, 5.41) is 3.30. The SMILES string of the molecule is CC(C)C(C)NC(=O)c1cc(=O)c2ccccc2o1. The molecule has 0 fully saturated rings. The van der Waals surface area contributed by atoms with E-state index in [2.05, 4.69) is 5.32 Å². The van der Waals surface area contributed by atoms with Gasteiger partial charge in [0.2, 0.25) is 0 Å².